The molecule has 1 aromatic carbocycles. The Labute approximate surface area is 152 Å². The van der Waals surface area contributed by atoms with E-state index in [0.717, 1.165) is 10.2 Å². The van der Waals surface area contributed by atoms with Crippen LogP contribution in [-0.4, -0.2) is 41.8 Å². The highest BCUT2D eigenvalue weighted by Gasteiger charge is 2.15. The van der Waals surface area contributed by atoms with Gasteiger partial charge in [-0.3, -0.25) is 9.48 Å². The minimum atomic E-state index is -0.632. The van der Waals surface area contributed by atoms with Gasteiger partial charge in [0, 0.05) is 11.9 Å². The standard InChI is InChI=1S/C16H16BrN3O5/c1-9-13(17)7-20(19-9)8-14(21)18-12-5-10(15(22)24-2)4-11(6-12)16(23)25-3/h4-7H,8H2,1-3H3,(H,18,21). The Kier molecular flexibility index (Phi) is 5.92. The van der Waals surface area contributed by atoms with Gasteiger partial charge in [-0.05, 0) is 41.1 Å². The molecule has 1 aromatic heterocycles. The molecule has 0 atom stereocenters. The van der Waals surface area contributed by atoms with Gasteiger partial charge in [-0.2, -0.15) is 5.10 Å². The number of rotatable bonds is 5. The minimum Gasteiger partial charge on any atom is -0.465 e. The fourth-order valence-corrected chi connectivity index (χ4v) is 2.41. The second-order valence-electron chi connectivity index (χ2n) is 5.09. The van der Waals surface area contributed by atoms with Gasteiger partial charge in [0.25, 0.3) is 0 Å². The molecule has 0 radical (unpaired) electrons. The second kappa shape index (κ2) is 7.93. The summed E-state index contributed by atoms with van der Waals surface area (Å²) in [6, 6.07) is 4.17. The summed E-state index contributed by atoms with van der Waals surface area (Å²) >= 11 is 3.32. The summed E-state index contributed by atoms with van der Waals surface area (Å²) < 4.78 is 11.6. The van der Waals surface area contributed by atoms with Crippen molar-refractivity contribution in [3.05, 3.63) is 45.7 Å². The van der Waals surface area contributed by atoms with E-state index < -0.39 is 11.9 Å². The lowest BCUT2D eigenvalue weighted by Crippen LogP contribution is -2.20. The van der Waals surface area contributed by atoms with E-state index in [1.54, 1.807) is 13.1 Å². The Morgan fingerprint density at radius 1 is 1.12 bits per heavy atom. The maximum Gasteiger partial charge on any atom is 0.337 e. The van der Waals surface area contributed by atoms with Crippen molar-refractivity contribution in [3.8, 4) is 0 Å². The molecule has 25 heavy (non-hydrogen) atoms. The number of aryl methyl sites for hydroxylation is 1. The second-order valence-corrected chi connectivity index (χ2v) is 5.94. The Balaban J connectivity index is 2.23. The molecule has 0 aliphatic heterocycles. The van der Waals surface area contributed by atoms with Gasteiger partial charge in [-0.15, -0.1) is 0 Å². The maximum atomic E-state index is 12.2. The monoisotopic (exact) mass is 409 g/mol. The van der Waals surface area contributed by atoms with Crippen LogP contribution in [0.5, 0.6) is 0 Å². The smallest absolute Gasteiger partial charge is 0.337 e. The van der Waals surface area contributed by atoms with Gasteiger partial charge in [0.15, 0.2) is 0 Å². The van der Waals surface area contributed by atoms with Gasteiger partial charge in [0.2, 0.25) is 5.91 Å². The third-order valence-electron chi connectivity index (χ3n) is 3.25. The molecule has 0 spiro atoms. The first kappa shape index (κ1) is 18.7. The van der Waals surface area contributed by atoms with E-state index in [-0.39, 0.29) is 29.3 Å². The summed E-state index contributed by atoms with van der Waals surface area (Å²) in [6.45, 7) is 1.78. The first-order valence-corrected chi connectivity index (χ1v) is 7.94. The molecule has 1 heterocycles. The normalized spacial score (nSPS) is 10.2. The lowest BCUT2D eigenvalue weighted by molar-refractivity contribution is -0.116. The number of nitrogens with zero attached hydrogens (tertiary/aromatic N) is 2. The molecule has 1 amide bonds. The number of hydrogen-bond donors (Lipinski definition) is 1. The fourth-order valence-electron chi connectivity index (χ4n) is 2.09. The zero-order valence-corrected chi connectivity index (χ0v) is 15.4. The minimum absolute atomic E-state index is 0.0253. The van der Waals surface area contributed by atoms with Crippen molar-refractivity contribution in [3.63, 3.8) is 0 Å². The van der Waals surface area contributed by atoms with Crippen molar-refractivity contribution in [1.82, 2.24) is 9.78 Å². The molecule has 2 aromatic rings. The number of methoxy groups -OCH3 is 2. The molecule has 9 heteroatoms. The van der Waals surface area contributed by atoms with Crippen molar-refractivity contribution >= 4 is 39.5 Å². The Hall–Kier alpha value is -2.68. The van der Waals surface area contributed by atoms with Crippen LogP contribution in [0.25, 0.3) is 0 Å². The molecule has 0 fully saturated rings. The number of ether oxygens (including phenoxy) is 2. The highest BCUT2D eigenvalue weighted by molar-refractivity contribution is 9.10. The molecule has 0 aliphatic rings. The van der Waals surface area contributed by atoms with Gasteiger partial charge in [0.1, 0.15) is 6.54 Å². The van der Waals surface area contributed by atoms with Crippen molar-refractivity contribution in [2.45, 2.75) is 13.5 Å². The van der Waals surface area contributed by atoms with E-state index in [1.807, 2.05) is 0 Å². The van der Waals surface area contributed by atoms with Crippen LogP contribution in [0.2, 0.25) is 0 Å². The lowest BCUT2D eigenvalue weighted by atomic mass is 10.1. The summed E-state index contributed by atoms with van der Waals surface area (Å²) in [7, 11) is 2.45. The van der Waals surface area contributed by atoms with Crippen LogP contribution < -0.4 is 5.32 Å². The average molecular weight is 410 g/mol. The fraction of sp³-hybridized carbons (Fsp3) is 0.250. The first-order chi connectivity index (χ1) is 11.8. The van der Waals surface area contributed by atoms with Gasteiger partial charge in [-0.1, -0.05) is 0 Å². The number of halogens is 1. The highest BCUT2D eigenvalue weighted by atomic mass is 79.9. The van der Waals surface area contributed by atoms with E-state index in [9.17, 15) is 14.4 Å². The van der Waals surface area contributed by atoms with Crippen LogP contribution in [0.1, 0.15) is 26.4 Å². The number of carbonyl (C=O) groups is 3. The van der Waals surface area contributed by atoms with Crippen molar-refractivity contribution in [1.29, 1.82) is 0 Å². The zero-order valence-electron chi connectivity index (χ0n) is 13.8. The van der Waals surface area contributed by atoms with E-state index >= 15 is 0 Å². The Morgan fingerprint density at radius 2 is 1.68 bits per heavy atom. The molecule has 0 aliphatic carbocycles. The van der Waals surface area contributed by atoms with Crippen molar-refractivity contribution < 1.29 is 23.9 Å². The third kappa shape index (κ3) is 4.66. The third-order valence-corrected chi connectivity index (χ3v) is 4.03. The molecule has 132 valence electrons. The topological polar surface area (TPSA) is 99.5 Å². The number of nitrogens with one attached hydrogen (secondary N) is 1. The zero-order chi connectivity index (χ0) is 18.6. The summed E-state index contributed by atoms with van der Waals surface area (Å²) in [4.78, 5) is 35.7. The first-order valence-electron chi connectivity index (χ1n) is 7.15. The van der Waals surface area contributed by atoms with Crippen molar-refractivity contribution in [2.75, 3.05) is 19.5 Å². The molecule has 8 nitrogen and oxygen atoms in total. The number of aromatic nitrogens is 2. The molecule has 0 bridgehead atoms. The van der Waals surface area contributed by atoms with Gasteiger partial charge in [-0.25, -0.2) is 9.59 Å². The van der Waals surface area contributed by atoms with E-state index in [1.165, 1.54) is 37.1 Å². The molecule has 1 N–H and O–H groups in total. The highest BCUT2D eigenvalue weighted by Crippen LogP contribution is 2.18. The van der Waals surface area contributed by atoms with E-state index in [0.29, 0.717) is 0 Å². The van der Waals surface area contributed by atoms with Gasteiger partial charge in [0.05, 0.1) is 35.5 Å². The van der Waals surface area contributed by atoms with Crippen LogP contribution >= 0.6 is 15.9 Å². The summed E-state index contributed by atoms with van der Waals surface area (Å²) in [5.41, 5.74) is 1.28. The van der Waals surface area contributed by atoms with Crippen LogP contribution in [-0.2, 0) is 20.8 Å². The summed E-state index contributed by atoms with van der Waals surface area (Å²) in [6.07, 6.45) is 1.68. The largest absolute Gasteiger partial charge is 0.465 e. The quantitative estimate of drug-likeness (QED) is 0.759. The summed E-state index contributed by atoms with van der Waals surface area (Å²) in [5.74, 6) is -1.63. The number of benzene rings is 1. The lowest BCUT2D eigenvalue weighted by Gasteiger charge is -2.09. The van der Waals surface area contributed by atoms with Crippen LogP contribution in [0, 0.1) is 6.92 Å². The maximum absolute atomic E-state index is 12.2. The van der Waals surface area contributed by atoms with Crippen LogP contribution in [0.3, 0.4) is 0 Å². The Bertz CT molecular complexity index is 777. The molecule has 0 saturated carbocycles. The SMILES string of the molecule is COC(=O)c1cc(NC(=O)Cn2cc(Br)c(C)n2)cc(C(=O)OC)c1. The predicted molar refractivity (Wildman–Crippen MR) is 92.4 cm³/mol. The van der Waals surface area contributed by atoms with Gasteiger partial charge < -0.3 is 14.8 Å². The number of hydrogen-bond acceptors (Lipinski definition) is 6. The van der Waals surface area contributed by atoms with E-state index in [4.69, 9.17) is 0 Å². The number of esters is 2. The summed E-state index contributed by atoms with van der Waals surface area (Å²) in [5, 5.41) is 6.80. The molecular formula is C16H16BrN3O5. The number of amides is 1. The number of carbonyl (C=O) groups excluding carboxylic acids is 3. The number of anilines is 1. The van der Waals surface area contributed by atoms with Crippen molar-refractivity contribution in [2.24, 2.45) is 0 Å². The molecule has 0 unspecified atom stereocenters. The Morgan fingerprint density at radius 3 is 2.12 bits per heavy atom. The van der Waals surface area contributed by atoms with Crippen LogP contribution in [0.4, 0.5) is 5.69 Å². The average Bonchev–Trinajstić information content (AvgIpc) is 2.90. The molecule has 2 rings (SSSR count). The van der Waals surface area contributed by atoms with E-state index in [2.05, 4.69) is 35.8 Å². The van der Waals surface area contributed by atoms with Crippen LogP contribution in [0.15, 0.2) is 28.9 Å². The van der Waals surface area contributed by atoms with Gasteiger partial charge >= 0.3 is 11.9 Å². The molecule has 0 saturated heterocycles. The molecular weight excluding hydrogens is 394 g/mol. The predicted octanol–water partition coefficient (Wildman–Crippen LogP) is 2.17.